The third-order valence-electron chi connectivity index (χ3n) is 5.26. The number of hydrogen-bond donors (Lipinski definition) is 2. The second-order valence-electron chi connectivity index (χ2n) is 6.95. The maximum Gasteiger partial charge on any atom is 0.331 e. The molecule has 1 fully saturated rings. The number of benzene rings is 1. The number of fused-ring (bicyclic) bond motifs is 1. The van der Waals surface area contributed by atoms with Gasteiger partial charge in [0.1, 0.15) is 16.9 Å². The Balaban J connectivity index is 2.05. The van der Waals surface area contributed by atoms with Gasteiger partial charge in [0.25, 0.3) is 5.56 Å². The van der Waals surface area contributed by atoms with Crippen LogP contribution in [0.15, 0.2) is 39.9 Å². The molecule has 3 heterocycles. The van der Waals surface area contributed by atoms with Gasteiger partial charge >= 0.3 is 5.69 Å². The van der Waals surface area contributed by atoms with Crippen molar-refractivity contribution in [3.63, 3.8) is 0 Å². The second-order valence-corrected chi connectivity index (χ2v) is 6.95. The van der Waals surface area contributed by atoms with Crippen LogP contribution >= 0.6 is 0 Å². The molecule has 4 rings (SSSR count). The van der Waals surface area contributed by atoms with Gasteiger partial charge in [-0.05, 0) is 5.56 Å². The monoisotopic (exact) mass is 368 g/mol. The van der Waals surface area contributed by atoms with Crippen LogP contribution in [-0.4, -0.2) is 39.9 Å². The Hall–Kier alpha value is -3.00. The molecule has 2 aromatic heterocycles. The molecule has 8 heteroatoms. The van der Waals surface area contributed by atoms with Crippen LogP contribution < -0.4 is 27.2 Å². The van der Waals surface area contributed by atoms with Crippen LogP contribution in [-0.2, 0) is 20.6 Å². The molecule has 1 saturated heterocycles. The summed E-state index contributed by atoms with van der Waals surface area (Å²) in [5, 5.41) is 3.34. The molecule has 3 N–H and O–H groups in total. The molecule has 0 atom stereocenters. The van der Waals surface area contributed by atoms with Gasteiger partial charge in [-0.2, -0.15) is 0 Å². The highest BCUT2D eigenvalue weighted by Crippen LogP contribution is 2.34. The molecule has 0 radical (unpaired) electrons. The van der Waals surface area contributed by atoms with E-state index in [1.165, 1.54) is 11.6 Å². The standard InChI is InChI=1S/C19H24N6O2/c1-22-15-14(20)17(24-10-8-21-9-11-24)25(12-13-6-4-3-5-7-13)16(15)18(26)23(2)19(22)27/h3-7,21H,8-12,20H2,1-2H3. The summed E-state index contributed by atoms with van der Waals surface area (Å²) in [6.07, 6.45) is 0. The Bertz CT molecular complexity index is 1100. The fourth-order valence-electron chi connectivity index (χ4n) is 3.87. The van der Waals surface area contributed by atoms with Crippen molar-refractivity contribution in [3.8, 4) is 0 Å². The van der Waals surface area contributed by atoms with Crippen molar-refractivity contribution < 1.29 is 0 Å². The molecule has 0 spiro atoms. The smallest absolute Gasteiger partial charge is 0.331 e. The Morgan fingerprint density at radius 2 is 1.67 bits per heavy atom. The summed E-state index contributed by atoms with van der Waals surface area (Å²) < 4.78 is 4.58. The molecular formula is C19H24N6O2. The first-order valence-electron chi connectivity index (χ1n) is 9.08. The molecule has 27 heavy (non-hydrogen) atoms. The zero-order valence-electron chi connectivity index (χ0n) is 15.6. The summed E-state index contributed by atoms with van der Waals surface area (Å²) in [4.78, 5) is 27.6. The summed E-state index contributed by atoms with van der Waals surface area (Å²) >= 11 is 0. The minimum Gasteiger partial charge on any atom is -0.394 e. The zero-order valence-corrected chi connectivity index (χ0v) is 15.6. The quantitative estimate of drug-likeness (QED) is 0.683. The third-order valence-corrected chi connectivity index (χ3v) is 5.26. The number of piperazine rings is 1. The van der Waals surface area contributed by atoms with Gasteiger partial charge < -0.3 is 20.5 Å². The number of nitrogens with one attached hydrogen (secondary N) is 1. The second kappa shape index (κ2) is 6.62. The van der Waals surface area contributed by atoms with E-state index in [1.54, 1.807) is 7.05 Å². The van der Waals surface area contributed by atoms with Crippen molar-refractivity contribution in [1.29, 1.82) is 0 Å². The topological polar surface area (TPSA) is 90.2 Å². The van der Waals surface area contributed by atoms with Crippen LogP contribution in [0.1, 0.15) is 5.56 Å². The van der Waals surface area contributed by atoms with E-state index in [4.69, 9.17) is 5.73 Å². The van der Waals surface area contributed by atoms with Crippen molar-refractivity contribution >= 4 is 22.5 Å². The lowest BCUT2D eigenvalue weighted by atomic mass is 10.2. The van der Waals surface area contributed by atoms with E-state index in [9.17, 15) is 9.59 Å². The SMILES string of the molecule is Cn1c(=O)c2c(c(N)c(N3CCNCC3)n2Cc2ccccc2)n(C)c1=O. The van der Waals surface area contributed by atoms with Crippen LogP contribution in [0.25, 0.3) is 11.0 Å². The molecule has 1 aliphatic heterocycles. The van der Waals surface area contributed by atoms with Gasteiger partial charge in [-0.25, -0.2) is 4.79 Å². The van der Waals surface area contributed by atoms with E-state index in [-0.39, 0.29) is 11.2 Å². The number of anilines is 2. The maximum atomic E-state index is 13.0. The van der Waals surface area contributed by atoms with Gasteiger partial charge in [0.15, 0.2) is 0 Å². The Morgan fingerprint density at radius 3 is 2.33 bits per heavy atom. The van der Waals surface area contributed by atoms with Crippen molar-refractivity contribution in [2.75, 3.05) is 36.8 Å². The number of nitrogens with two attached hydrogens (primary N) is 1. The molecule has 0 bridgehead atoms. The van der Waals surface area contributed by atoms with E-state index >= 15 is 0 Å². The minimum atomic E-state index is -0.372. The molecule has 0 unspecified atom stereocenters. The Kier molecular flexibility index (Phi) is 4.27. The fourth-order valence-corrected chi connectivity index (χ4v) is 3.87. The largest absolute Gasteiger partial charge is 0.394 e. The fraction of sp³-hybridized carbons (Fsp3) is 0.368. The lowest BCUT2D eigenvalue weighted by molar-refractivity contribution is 0.577. The van der Waals surface area contributed by atoms with Gasteiger partial charge in [-0.1, -0.05) is 30.3 Å². The summed E-state index contributed by atoms with van der Waals surface area (Å²) in [5.74, 6) is 0.814. The van der Waals surface area contributed by atoms with Crippen molar-refractivity contribution in [2.45, 2.75) is 6.54 Å². The highest BCUT2D eigenvalue weighted by atomic mass is 16.2. The zero-order chi connectivity index (χ0) is 19.1. The highest BCUT2D eigenvalue weighted by Gasteiger charge is 2.26. The molecule has 142 valence electrons. The molecule has 8 nitrogen and oxygen atoms in total. The normalized spacial score (nSPS) is 14.8. The summed E-state index contributed by atoms with van der Waals surface area (Å²) in [6.45, 7) is 3.81. The lowest BCUT2D eigenvalue weighted by Crippen LogP contribution is -2.44. The number of nitrogen functional groups attached to an aromatic ring is 1. The van der Waals surface area contributed by atoms with E-state index < -0.39 is 0 Å². The number of hydrogen-bond acceptors (Lipinski definition) is 5. The van der Waals surface area contributed by atoms with Crippen molar-refractivity contribution in [2.24, 2.45) is 14.1 Å². The van der Waals surface area contributed by atoms with Gasteiger partial charge in [0, 0.05) is 46.8 Å². The Labute approximate surface area is 156 Å². The summed E-state index contributed by atoms with van der Waals surface area (Å²) in [6, 6.07) is 9.96. The van der Waals surface area contributed by atoms with Gasteiger partial charge in [0.2, 0.25) is 0 Å². The number of aromatic nitrogens is 3. The molecule has 0 amide bonds. The maximum absolute atomic E-state index is 13.0. The molecule has 1 aromatic carbocycles. The molecule has 0 saturated carbocycles. The number of rotatable bonds is 3. The van der Waals surface area contributed by atoms with E-state index in [2.05, 4.69) is 10.2 Å². The van der Waals surface area contributed by atoms with Crippen LogP contribution in [0.2, 0.25) is 0 Å². The van der Waals surface area contributed by atoms with Crippen LogP contribution in [0.3, 0.4) is 0 Å². The lowest BCUT2D eigenvalue weighted by Gasteiger charge is -2.30. The first kappa shape index (κ1) is 17.4. The first-order valence-corrected chi connectivity index (χ1v) is 9.08. The van der Waals surface area contributed by atoms with E-state index in [1.807, 2.05) is 34.9 Å². The molecule has 1 aliphatic rings. The molecule has 0 aliphatic carbocycles. The van der Waals surface area contributed by atoms with Crippen LogP contribution in [0.5, 0.6) is 0 Å². The minimum absolute atomic E-state index is 0.322. The average Bonchev–Trinajstić information content (AvgIpc) is 2.98. The Morgan fingerprint density at radius 1 is 1.00 bits per heavy atom. The van der Waals surface area contributed by atoms with Crippen molar-refractivity contribution in [3.05, 3.63) is 56.7 Å². The molecule has 3 aromatic rings. The van der Waals surface area contributed by atoms with E-state index in [0.717, 1.165) is 42.1 Å². The third kappa shape index (κ3) is 2.73. The molecular weight excluding hydrogens is 344 g/mol. The van der Waals surface area contributed by atoms with Crippen LogP contribution in [0, 0.1) is 0 Å². The van der Waals surface area contributed by atoms with Crippen LogP contribution in [0.4, 0.5) is 11.5 Å². The summed E-state index contributed by atoms with van der Waals surface area (Å²) in [7, 11) is 3.17. The van der Waals surface area contributed by atoms with Gasteiger partial charge in [-0.15, -0.1) is 0 Å². The van der Waals surface area contributed by atoms with Gasteiger partial charge in [0.05, 0.1) is 5.69 Å². The van der Waals surface area contributed by atoms with E-state index in [0.29, 0.717) is 23.3 Å². The first-order chi connectivity index (χ1) is 13.0. The highest BCUT2D eigenvalue weighted by molar-refractivity contribution is 5.96. The average molecular weight is 368 g/mol. The summed E-state index contributed by atoms with van der Waals surface area (Å²) in [5.41, 5.74) is 8.36. The predicted octanol–water partition coefficient (Wildman–Crippen LogP) is 0.0788. The number of nitrogens with zero attached hydrogens (tertiary/aromatic N) is 4. The van der Waals surface area contributed by atoms with Gasteiger partial charge in [-0.3, -0.25) is 13.9 Å². The van der Waals surface area contributed by atoms with Crippen molar-refractivity contribution in [1.82, 2.24) is 19.0 Å². The predicted molar refractivity (Wildman–Crippen MR) is 107 cm³/mol. The number of aryl methyl sites for hydroxylation is 1.